The number of hydrogen-bond acceptors (Lipinski definition) is 0. The van der Waals surface area contributed by atoms with Gasteiger partial charge in [-0.1, -0.05) is 42.3 Å². The molecule has 0 aliphatic heterocycles. The summed E-state index contributed by atoms with van der Waals surface area (Å²) in [5, 5.41) is 0. The van der Waals surface area contributed by atoms with Crippen LogP contribution in [0.4, 0.5) is 4.39 Å². The van der Waals surface area contributed by atoms with E-state index < -0.39 is 0 Å². The first-order chi connectivity index (χ1) is 7.99. The lowest BCUT2D eigenvalue weighted by Crippen LogP contribution is -2.02. The smallest absolute Gasteiger partial charge is 0.0991 e. The Kier molecular flexibility index (Phi) is 5.40. The lowest BCUT2D eigenvalue weighted by molar-refractivity contribution is 0.422. The van der Waals surface area contributed by atoms with Crippen molar-refractivity contribution in [3.63, 3.8) is 0 Å². The first-order valence-corrected chi connectivity index (χ1v) is 6.36. The number of hydrogen-bond donors (Lipinski definition) is 0. The molecule has 1 heteroatoms. The summed E-state index contributed by atoms with van der Waals surface area (Å²) in [5.74, 6) is 0.697. The quantitative estimate of drug-likeness (QED) is 0.567. The largest absolute Gasteiger partial charge is 0.212 e. The van der Waals surface area contributed by atoms with Gasteiger partial charge in [-0.15, -0.1) is 0 Å². The second-order valence-electron chi connectivity index (χ2n) is 5.19. The van der Waals surface area contributed by atoms with Gasteiger partial charge in [-0.2, -0.15) is 0 Å². The highest BCUT2D eigenvalue weighted by Gasteiger charge is 2.14. The molecule has 0 nitrogen and oxygen atoms in total. The molecule has 0 amide bonds. The summed E-state index contributed by atoms with van der Waals surface area (Å²) in [4.78, 5) is 0. The fourth-order valence-electron chi connectivity index (χ4n) is 1.82. The Bertz CT molecular complexity index is 352. The summed E-state index contributed by atoms with van der Waals surface area (Å²) in [6.07, 6.45) is 2.80. The highest BCUT2D eigenvalue weighted by atomic mass is 19.1. The van der Waals surface area contributed by atoms with Crippen LogP contribution >= 0.6 is 0 Å². The lowest BCUT2D eigenvalue weighted by Gasteiger charge is -2.17. The number of rotatable bonds is 0. The Morgan fingerprint density at radius 2 is 1.47 bits per heavy atom. The number of halogens is 1. The average Bonchev–Trinajstić information content (AvgIpc) is 2.29. The Balaban J connectivity index is 0.000000171. The Hall–Kier alpha value is -1.11. The number of benzene rings is 1. The highest BCUT2D eigenvalue weighted by Crippen LogP contribution is 2.28. The van der Waals surface area contributed by atoms with Gasteiger partial charge in [0.2, 0.25) is 0 Å². The highest BCUT2D eigenvalue weighted by molar-refractivity contribution is 5.19. The standard InChI is InChI=1S/C8H13F.C8H10/c1-6-3-4-7(2)8(9)5-6;1-7-3-5-8(2)6-4-7/h6H,3-5H2,1-2H3;3-6H,1-2H3. The molecule has 1 atom stereocenters. The third kappa shape index (κ3) is 5.16. The fraction of sp³-hybridized carbons (Fsp3) is 0.500. The second kappa shape index (κ2) is 6.58. The van der Waals surface area contributed by atoms with Crippen molar-refractivity contribution in [2.75, 3.05) is 0 Å². The van der Waals surface area contributed by atoms with E-state index in [4.69, 9.17) is 0 Å². The molecule has 1 aliphatic rings. The molecule has 1 aromatic carbocycles. The average molecular weight is 234 g/mol. The van der Waals surface area contributed by atoms with E-state index in [2.05, 4.69) is 45.0 Å². The zero-order chi connectivity index (χ0) is 12.8. The van der Waals surface area contributed by atoms with Gasteiger partial charge in [0.15, 0.2) is 0 Å². The minimum absolute atomic E-state index is 0.133. The van der Waals surface area contributed by atoms with Crippen LogP contribution in [-0.4, -0.2) is 0 Å². The van der Waals surface area contributed by atoms with Crippen LogP contribution in [-0.2, 0) is 0 Å². The normalized spacial score (nSPS) is 19.7. The van der Waals surface area contributed by atoms with E-state index in [1.54, 1.807) is 0 Å². The molecule has 0 fully saturated rings. The van der Waals surface area contributed by atoms with E-state index >= 15 is 0 Å². The topological polar surface area (TPSA) is 0 Å². The third-order valence-electron chi connectivity index (χ3n) is 3.22. The van der Waals surface area contributed by atoms with Crippen molar-refractivity contribution < 1.29 is 4.39 Å². The molecule has 0 N–H and O–H groups in total. The van der Waals surface area contributed by atoms with Crippen molar-refractivity contribution in [3.8, 4) is 0 Å². The molecule has 1 aromatic rings. The van der Waals surface area contributed by atoms with Crippen molar-refractivity contribution in [2.45, 2.75) is 47.0 Å². The summed E-state index contributed by atoms with van der Waals surface area (Å²) < 4.78 is 12.7. The van der Waals surface area contributed by atoms with E-state index in [1.807, 2.05) is 6.92 Å². The SMILES string of the molecule is CC1=C(F)CC(C)CC1.Cc1ccc(C)cc1. The molecule has 0 saturated heterocycles. The van der Waals surface area contributed by atoms with Gasteiger partial charge in [0, 0.05) is 6.42 Å². The van der Waals surface area contributed by atoms with Crippen molar-refractivity contribution in [1.29, 1.82) is 0 Å². The minimum atomic E-state index is 0.133. The van der Waals surface area contributed by atoms with Gasteiger partial charge in [0.25, 0.3) is 0 Å². The Labute approximate surface area is 105 Å². The van der Waals surface area contributed by atoms with Crippen molar-refractivity contribution in [3.05, 3.63) is 46.8 Å². The molecule has 1 unspecified atom stereocenters. The molecule has 17 heavy (non-hydrogen) atoms. The minimum Gasteiger partial charge on any atom is -0.212 e. The monoisotopic (exact) mass is 234 g/mol. The Morgan fingerprint density at radius 3 is 1.82 bits per heavy atom. The molecule has 0 bridgehead atoms. The predicted octanol–water partition coefficient (Wildman–Crippen LogP) is 5.35. The van der Waals surface area contributed by atoms with Crippen molar-refractivity contribution >= 4 is 0 Å². The zero-order valence-electron chi connectivity index (χ0n) is 11.4. The molecule has 0 radical (unpaired) electrons. The summed E-state index contributed by atoms with van der Waals surface area (Å²) >= 11 is 0. The summed E-state index contributed by atoms with van der Waals surface area (Å²) in [6, 6.07) is 8.48. The maximum atomic E-state index is 12.7. The predicted molar refractivity (Wildman–Crippen MR) is 72.7 cm³/mol. The van der Waals surface area contributed by atoms with Crippen LogP contribution in [0.15, 0.2) is 35.7 Å². The molecule has 2 rings (SSSR count). The first kappa shape index (κ1) is 14.0. The third-order valence-corrected chi connectivity index (χ3v) is 3.22. The van der Waals surface area contributed by atoms with Crippen LogP contribution in [0.2, 0.25) is 0 Å². The summed E-state index contributed by atoms with van der Waals surface area (Å²) in [6.45, 7) is 8.19. The molecule has 0 saturated carbocycles. The van der Waals surface area contributed by atoms with Crippen LogP contribution in [0.25, 0.3) is 0 Å². The van der Waals surface area contributed by atoms with Crippen molar-refractivity contribution in [1.82, 2.24) is 0 Å². The molecule has 94 valence electrons. The molecule has 1 aliphatic carbocycles. The van der Waals surface area contributed by atoms with E-state index in [1.165, 1.54) is 17.5 Å². The van der Waals surface area contributed by atoms with Gasteiger partial charge in [0.05, 0.1) is 5.83 Å². The van der Waals surface area contributed by atoms with Gasteiger partial charge >= 0.3 is 0 Å². The molecule has 0 aromatic heterocycles. The summed E-state index contributed by atoms with van der Waals surface area (Å²) in [7, 11) is 0. The van der Waals surface area contributed by atoms with E-state index in [-0.39, 0.29) is 5.83 Å². The number of allylic oxidation sites excluding steroid dienone is 2. The van der Waals surface area contributed by atoms with E-state index in [0.29, 0.717) is 12.3 Å². The molecule has 0 spiro atoms. The van der Waals surface area contributed by atoms with Gasteiger partial charge in [0.1, 0.15) is 0 Å². The lowest BCUT2D eigenvalue weighted by atomic mass is 9.91. The second-order valence-corrected chi connectivity index (χ2v) is 5.19. The van der Waals surface area contributed by atoms with Crippen LogP contribution < -0.4 is 0 Å². The van der Waals surface area contributed by atoms with E-state index in [0.717, 1.165) is 12.0 Å². The maximum Gasteiger partial charge on any atom is 0.0991 e. The van der Waals surface area contributed by atoms with Crippen LogP contribution in [0.1, 0.15) is 44.2 Å². The molecular formula is C16H23F. The summed E-state index contributed by atoms with van der Waals surface area (Å²) in [5.41, 5.74) is 3.62. The van der Waals surface area contributed by atoms with Gasteiger partial charge in [-0.05, 0) is 45.1 Å². The first-order valence-electron chi connectivity index (χ1n) is 6.36. The zero-order valence-corrected chi connectivity index (χ0v) is 11.4. The maximum absolute atomic E-state index is 12.7. The van der Waals surface area contributed by atoms with Crippen LogP contribution in [0, 0.1) is 19.8 Å². The fourth-order valence-corrected chi connectivity index (χ4v) is 1.82. The Morgan fingerprint density at radius 1 is 1.00 bits per heavy atom. The van der Waals surface area contributed by atoms with Crippen LogP contribution in [0.5, 0.6) is 0 Å². The van der Waals surface area contributed by atoms with Gasteiger partial charge in [-0.25, -0.2) is 4.39 Å². The number of aryl methyl sites for hydroxylation is 2. The van der Waals surface area contributed by atoms with E-state index in [9.17, 15) is 4.39 Å². The van der Waals surface area contributed by atoms with Gasteiger partial charge < -0.3 is 0 Å². The molecule has 0 heterocycles. The van der Waals surface area contributed by atoms with Gasteiger partial charge in [-0.3, -0.25) is 0 Å². The molecular weight excluding hydrogens is 211 g/mol. The van der Waals surface area contributed by atoms with Crippen molar-refractivity contribution in [2.24, 2.45) is 5.92 Å². The van der Waals surface area contributed by atoms with Crippen LogP contribution in [0.3, 0.4) is 0 Å².